The minimum absolute atomic E-state index is 0.132. The topological polar surface area (TPSA) is 76.5 Å². The highest BCUT2D eigenvalue weighted by Gasteiger charge is 2.22. The molecule has 1 unspecified atom stereocenters. The number of H-pyrrole nitrogens is 1. The Labute approximate surface area is 203 Å². The molecule has 0 fully saturated rings. The molecule has 2 aromatic carbocycles. The maximum Gasteiger partial charge on any atom is 0.259 e. The predicted octanol–water partition coefficient (Wildman–Crippen LogP) is 5.90. The highest BCUT2D eigenvalue weighted by Crippen LogP contribution is 2.36. The second-order valence-electron chi connectivity index (χ2n) is 8.03. The zero-order valence-corrected chi connectivity index (χ0v) is 20.5. The average Bonchev–Trinajstić information content (AvgIpc) is 3.34. The first-order chi connectivity index (χ1) is 16.4. The number of nitrogens with one attached hydrogen (secondary N) is 1. The van der Waals surface area contributed by atoms with E-state index in [1.165, 1.54) is 29.2 Å². The lowest BCUT2D eigenvalue weighted by atomic mass is 10.2. The molecule has 0 aliphatic rings. The van der Waals surface area contributed by atoms with Crippen LogP contribution in [-0.4, -0.2) is 24.7 Å². The number of rotatable bonds is 6. The molecule has 9 heteroatoms. The van der Waals surface area contributed by atoms with Crippen LogP contribution in [-0.2, 0) is 6.54 Å². The fourth-order valence-electron chi connectivity index (χ4n) is 3.80. The number of aryl methyl sites for hydroxylation is 2. The summed E-state index contributed by atoms with van der Waals surface area (Å²) in [4.78, 5) is 22.2. The molecule has 5 aromatic rings. The van der Waals surface area contributed by atoms with Gasteiger partial charge in [0.15, 0.2) is 11.0 Å². The van der Waals surface area contributed by atoms with Gasteiger partial charge in [-0.1, -0.05) is 54.2 Å². The first-order valence-corrected chi connectivity index (χ1v) is 12.5. The lowest BCUT2D eigenvalue weighted by molar-refractivity contribution is 0.626. The standard InChI is InChI=1S/C25H22FN5OS2/c1-14-15(2)33-24-20(14)23(32)27-21(28-24)16(3)34-25-30-29-22(18-11-7-8-12-19(18)26)31(25)13-17-9-5-4-6-10-17/h4-12,16H,13H2,1-3H3,(H,27,28,32). The number of hydrogen-bond acceptors (Lipinski definition) is 6. The van der Waals surface area contributed by atoms with E-state index in [2.05, 4.69) is 15.2 Å². The van der Waals surface area contributed by atoms with Crippen molar-refractivity contribution in [3.63, 3.8) is 0 Å². The summed E-state index contributed by atoms with van der Waals surface area (Å²) in [7, 11) is 0. The molecule has 1 atom stereocenters. The van der Waals surface area contributed by atoms with Crippen LogP contribution in [0.15, 0.2) is 64.5 Å². The predicted molar refractivity (Wildman–Crippen MR) is 135 cm³/mol. The van der Waals surface area contributed by atoms with Crippen molar-refractivity contribution in [3.05, 3.63) is 92.6 Å². The van der Waals surface area contributed by atoms with Crippen LogP contribution >= 0.6 is 23.1 Å². The van der Waals surface area contributed by atoms with Crippen LogP contribution in [0, 0.1) is 19.7 Å². The first-order valence-electron chi connectivity index (χ1n) is 10.8. The van der Waals surface area contributed by atoms with Crippen LogP contribution in [0.1, 0.15) is 34.0 Å². The van der Waals surface area contributed by atoms with Crippen LogP contribution in [0.25, 0.3) is 21.6 Å². The third-order valence-corrected chi connectivity index (χ3v) is 7.93. The van der Waals surface area contributed by atoms with E-state index in [4.69, 9.17) is 4.98 Å². The fraction of sp³-hybridized carbons (Fsp3) is 0.200. The van der Waals surface area contributed by atoms with E-state index >= 15 is 0 Å². The zero-order chi connectivity index (χ0) is 23.8. The van der Waals surface area contributed by atoms with Crippen molar-refractivity contribution in [2.24, 2.45) is 0 Å². The fourth-order valence-corrected chi connectivity index (χ4v) is 5.75. The highest BCUT2D eigenvalue weighted by atomic mass is 32.2. The molecule has 0 amide bonds. The largest absolute Gasteiger partial charge is 0.309 e. The first kappa shape index (κ1) is 22.5. The Bertz CT molecular complexity index is 1540. The maximum atomic E-state index is 14.6. The van der Waals surface area contributed by atoms with E-state index in [9.17, 15) is 9.18 Å². The molecule has 0 saturated heterocycles. The molecule has 5 rings (SSSR count). The minimum Gasteiger partial charge on any atom is -0.309 e. The molecule has 0 bridgehead atoms. The van der Waals surface area contributed by atoms with Crippen molar-refractivity contribution in [2.45, 2.75) is 37.7 Å². The van der Waals surface area contributed by atoms with Gasteiger partial charge < -0.3 is 4.98 Å². The number of thiophene rings is 1. The van der Waals surface area contributed by atoms with Crippen LogP contribution < -0.4 is 5.56 Å². The monoisotopic (exact) mass is 491 g/mol. The Morgan fingerprint density at radius 3 is 2.59 bits per heavy atom. The van der Waals surface area contributed by atoms with Crippen LogP contribution in [0.2, 0.25) is 0 Å². The summed E-state index contributed by atoms with van der Waals surface area (Å²) in [5.74, 6) is 0.678. The Hall–Kier alpha value is -3.30. The van der Waals surface area contributed by atoms with Gasteiger partial charge in [-0.05, 0) is 44.0 Å². The summed E-state index contributed by atoms with van der Waals surface area (Å²) < 4.78 is 16.5. The molecule has 3 aromatic heterocycles. The second kappa shape index (κ2) is 9.15. The molecule has 0 spiro atoms. The third-order valence-electron chi connectivity index (χ3n) is 5.74. The Balaban J connectivity index is 1.54. The number of fused-ring (bicyclic) bond motifs is 1. The number of halogens is 1. The molecular weight excluding hydrogens is 469 g/mol. The number of hydrogen-bond donors (Lipinski definition) is 1. The molecule has 0 radical (unpaired) electrons. The van der Waals surface area contributed by atoms with Gasteiger partial charge in [0.05, 0.1) is 22.7 Å². The number of benzene rings is 2. The summed E-state index contributed by atoms with van der Waals surface area (Å²) >= 11 is 2.95. The summed E-state index contributed by atoms with van der Waals surface area (Å²) in [6.07, 6.45) is 0. The van der Waals surface area contributed by atoms with E-state index in [0.29, 0.717) is 34.3 Å². The number of thioether (sulfide) groups is 1. The SMILES string of the molecule is Cc1sc2nc(C(C)Sc3nnc(-c4ccccc4F)n3Cc3ccccc3)[nH]c(=O)c2c1C. The van der Waals surface area contributed by atoms with Gasteiger partial charge in [-0.15, -0.1) is 21.5 Å². The minimum atomic E-state index is -0.353. The molecule has 0 aliphatic carbocycles. The van der Waals surface area contributed by atoms with Crippen molar-refractivity contribution in [3.8, 4) is 11.4 Å². The van der Waals surface area contributed by atoms with Gasteiger partial charge in [-0.25, -0.2) is 9.37 Å². The van der Waals surface area contributed by atoms with Crippen molar-refractivity contribution in [1.82, 2.24) is 24.7 Å². The zero-order valence-electron chi connectivity index (χ0n) is 18.9. The summed E-state index contributed by atoms with van der Waals surface area (Å²) in [6, 6.07) is 16.5. The summed E-state index contributed by atoms with van der Waals surface area (Å²) in [5.41, 5.74) is 2.28. The van der Waals surface area contributed by atoms with E-state index in [0.717, 1.165) is 20.8 Å². The molecule has 6 nitrogen and oxygen atoms in total. The van der Waals surface area contributed by atoms with Crippen LogP contribution in [0.4, 0.5) is 4.39 Å². The van der Waals surface area contributed by atoms with Crippen molar-refractivity contribution in [2.75, 3.05) is 0 Å². The number of nitrogens with zero attached hydrogens (tertiary/aromatic N) is 4. The third kappa shape index (κ3) is 4.17. The van der Waals surface area contributed by atoms with Gasteiger partial charge in [0.25, 0.3) is 5.56 Å². The van der Waals surface area contributed by atoms with Crippen LogP contribution in [0.5, 0.6) is 0 Å². The molecular formula is C25H22FN5OS2. The number of aromatic nitrogens is 5. The normalized spacial score (nSPS) is 12.4. The summed E-state index contributed by atoms with van der Waals surface area (Å²) in [6.45, 7) is 6.39. The van der Waals surface area contributed by atoms with Crippen molar-refractivity contribution in [1.29, 1.82) is 0 Å². The van der Waals surface area contributed by atoms with Gasteiger partial charge >= 0.3 is 0 Å². The second-order valence-corrected chi connectivity index (χ2v) is 10.5. The lowest BCUT2D eigenvalue weighted by Gasteiger charge is -2.14. The lowest BCUT2D eigenvalue weighted by Crippen LogP contribution is -2.13. The van der Waals surface area contributed by atoms with Gasteiger partial charge in [-0.3, -0.25) is 9.36 Å². The molecule has 0 aliphatic heterocycles. The Kier molecular flexibility index (Phi) is 6.05. The van der Waals surface area contributed by atoms with Crippen molar-refractivity contribution >= 4 is 33.3 Å². The van der Waals surface area contributed by atoms with E-state index < -0.39 is 0 Å². The highest BCUT2D eigenvalue weighted by molar-refractivity contribution is 7.99. The van der Waals surface area contributed by atoms with Gasteiger partial charge in [0, 0.05) is 4.88 Å². The quantitative estimate of drug-likeness (QED) is 0.299. The van der Waals surface area contributed by atoms with Gasteiger partial charge in [0.2, 0.25) is 0 Å². The van der Waals surface area contributed by atoms with E-state index in [1.54, 1.807) is 18.2 Å². The molecule has 172 valence electrons. The van der Waals surface area contributed by atoms with Crippen molar-refractivity contribution < 1.29 is 4.39 Å². The van der Waals surface area contributed by atoms with E-state index in [1.807, 2.05) is 55.7 Å². The van der Waals surface area contributed by atoms with Crippen LogP contribution in [0.3, 0.4) is 0 Å². The smallest absolute Gasteiger partial charge is 0.259 e. The molecule has 0 saturated carbocycles. The molecule has 1 N–H and O–H groups in total. The summed E-state index contributed by atoms with van der Waals surface area (Å²) in [5, 5.41) is 9.79. The van der Waals surface area contributed by atoms with Gasteiger partial charge in [0.1, 0.15) is 16.5 Å². The molecule has 3 heterocycles. The number of aromatic amines is 1. The Morgan fingerprint density at radius 2 is 1.82 bits per heavy atom. The maximum absolute atomic E-state index is 14.6. The Morgan fingerprint density at radius 1 is 1.09 bits per heavy atom. The average molecular weight is 492 g/mol. The molecule has 34 heavy (non-hydrogen) atoms. The van der Waals surface area contributed by atoms with E-state index in [-0.39, 0.29) is 16.6 Å². The van der Waals surface area contributed by atoms with Gasteiger partial charge in [-0.2, -0.15) is 0 Å².